The van der Waals surface area contributed by atoms with Crippen molar-refractivity contribution in [3.8, 4) is 11.8 Å². The largest absolute Gasteiger partial charge is 0.106 e. The van der Waals surface area contributed by atoms with Crippen molar-refractivity contribution in [2.75, 3.05) is 0 Å². The topological polar surface area (TPSA) is 0 Å². The molecule has 0 aromatic rings. The van der Waals surface area contributed by atoms with Crippen LogP contribution in [0.1, 0.15) is 84.5 Å². The highest BCUT2D eigenvalue weighted by Crippen LogP contribution is 2.44. The van der Waals surface area contributed by atoms with E-state index in [2.05, 4.69) is 18.8 Å². The van der Waals surface area contributed by atoms with Crippen LogP contribution in [0.2, 0.25) is 0 Å². The third-order valence-corrected chi connectivity index (χ3v) is 5.35. The van der Waals surface area contributed by atoms with Crippen LogP contribution in [0, 0.1) is 29.1 Å². The Bertz CT molecular complexity index is 294. The van der Waals surface area contributed by atoms with E-state index in [4.69, 9.17) is 0 Å². The van der Waals surface area contributed by atoms with Crippen molar-refractivity contribution in [2.24, 2.45) is 17.3 Å². The molecule has 0 bridgehead atoms. The van der Waals surface area contributed by atoms with Crippen LogP contribution in [0.25, 0.3) is 0 Å². The highest BCUT2D eigenvalue weighted by atomic mass is 14.4. The summed E-state index contributed by atoms with van der Waals surface area (Å²) in [7, 11) is 0. The molecule has 2 saturated carbocycles. The van der Waals surface area contributed by atoms with Crippen molar-refractivity contribution < 1.29 is 0 Å². The monoisotopic (exact) mass is 246 g/mol. The van der Waals surface area contributed by atoms with Gasteiger partial charge in [-0.25, -0.2) is 0 Å². The molecular weight excluding hydrogens is 216 g/mol. The lowest BCUT2D eigenvalue weighted by Gasteiger charge is -2.39. The first-order valence-corrected chi connectivity index (χ1v) is 8.18. The van der Waals surface area contributed by atoms with Crippen LogP contribution >= 0.6 is 0 Å². The Labute approximate surface area is 114 Å². The summed E-state index contributed by atoms with van der Waals surface area (Å²) in [6.45, 7) is 4.50. The van der Waals surface area contributed by atoms with Crippen LogP contribution in [0.5, 0.6) is 0 Å². The van der Waals surface area contributed by atoms with E-state index in [-0.39, 0.29) is 0 Å². The molecule has 0 aliphatic heterocycles. The molecule has 1 unspecified atom stereocenters. The van der Waals surface area contributed by atoms with E-state index in [0.29, 0.717) is 5.41 Å². The Morgan fingerprint density at radius 2 is 1.44 bits per heavy atom. The van der Waals surface area contributed by atoms with Gasteiger partial charge in [-0.2, -0.15) is 0 Å². The molecular formula is C18H30. The number of rotatable bonds is 3. The van der Waals surface area contributed by atoms with Crippen LogP contribution in [-0.4, -0.2) is 0 Å². The quantitative estimate of drug-likeness (QED) is 0.571. The van der Waals surface area contributed by atoms with Gasteiger partial charge in [-0.15, -0.1) is 5.92 Å². The molecule has 0 nitrogen and oxygen atoms in total. The molecule has 0 heterocycles. The molecule has 18 heavy (non-hydrogen) atoms. The van der Waals surface area contributed by atoms with Gasteiger partial charge in [0.05, 0.1) is 0 Å². The number of hydrogen-bond donors (Lipinski definition) is 0. The zero-order valence-corrected chi connectivity index (χ0v) is 12.4. The molecule has 0 N–H and O–H groups in total. The van der Waals surface area contributed by atoms with Crippen molar-refractivity contribution >= 4 is 0 Å². The van der Waals surface area contributed by atoms with Gasteiger partial charge in [0.1, 0.15) is 0 Å². The Morgan fingerprint density at radius 1 is 0.889 bits per heavy atom. The minimum absolute atomic E-state index is 0.317. The molecule has 0 saturated heterocycles. The second-order valence-electron chi connectivity index (χ2n) is 6.84. The summed E-state index contributed by atoms with van der Waals surface area (Å²) in [5, 5.41) is 0. The summed E-state index contributed by atoms with van der Waals surface area (Å²) >= 11 is 0. The first-order valence-electron chi connectivity index (χ1n) is 8.18. The van der Waals surface area contributed by atoms with Crippen LogP contribution in [-0.2, 0) is 0 Å². The third-order valence-electron chi connectivity index (χ3n) is 5.35. The minimum Gasteiger partial charge on any atom is -0.106 e. The van der Waals surface area contributed by atoms with Gasteiger partial charge in [-0.3, -0.25) is 0 Å². The Hall–Kier alpha value is -0.440. The SMILES string of the molecule is CC#CC(C)(CC1CCCCC1)C1CCCCC1. The molecule has 2 rings (SSSR count). The Balaban J connectivity index is 2.01. The maximum Gasteiger partial charge on any atom is 0.0317 e. The lowest BCUT2D eigenvalue weighted by atomic mass is 9.65. The molecule has 0 radical (unpaired) electrons. The molecule has 0 spiro atoms. The van der Waals surface area contributed by atoms with Gasteiger partial charge in [0.15, 0.2) is 0 Å². The van der Waals surface area contributed by atoms with Crippen LogP contribution in [0.4, 0.5) is 0 Å². The highest BCUT2D eigenvalue weighted by Gasteiger charge is 2.35. The van der Waals surface area contributed by atoms with Crippen LogP contribution < -0.4 is 0 Å². The predicted molar refractivity (Wildman–Crippen MR) is 79.3 cm³/mol. The molecule has 0 heteroatoms. The summed E-state index contributed by atoms with van der Waals surface area (Å²) in [4.78, 5) is 0. The molecule has 102 valence electrons. The van der Waals surface area contributed by atoms with E-state index in [0.717, 1.165) is 11.8 Å². The van der Waals surface area contributed by atoms with Crippen molar-refractivity contribution in [2.45, 2.75) is 84.5 Å². The molecule has 2 aliphatic carbocycles. The molecule has 2 aliphatic rings. The standard InChI is InChI=1S/C18H30/c1-3-14-18(2,17-12-8-5-9-13-17)15-16-10-6-4-7-11-16/h16-17H,4-13,15H2,1-2H3. The molecule has 0 aromatic carbocycles. The molecule has 1 atom stereocenters. The maximum absolute atomic E-state index is 3.63. The maximum atomic E-state index is 3.63. The summed E-state index contributed by atoms with van der Waals surface area (Å²) in [6, 6.07) is 0. The fourth-order valence-corrected chi connectivity index (χ4v) is 4.34. The number of hydrogen-bond acceptors (Lipinski definition) is 0. The van der Waals surface area contributed by atoms with Crippen molar-refractivity contribution in [1.29, 1.82) is 0 Å². The van der Waals surface area contributed by atoms with Gasteiger partial charge in [0.25, 0.3) is 0 Å². The first kappa shape index (κ1) is 14.0. The fourth-order valence-electron chi connectivity index (χ4n) is 4.34. The summed E-state index contributed by atoms with van der Waals surface area (Å²) < 4.78 is 0. The normalized spacial score (nSPS) is 26.1. The van der Waals surface area contributed by atoms with E-state index in [1.807, 2.05) is 6.92 Å². The zero-order valence-electron chi connectivity index (χ0n) is 12.4. The van der Waals surface area contributed by atoms with Crippen LogP contribution in [0.3, 0.4) is 0 Å². The van der Waals surface area contributed by atoms with Gasteiger partial charge in [-0.1, -0.05) is 57.3 Å². The van der Waals surface area contributed by atoms with E-state index < -0.39 is 0 Å². The zero-order chi connectivity index (χ0) is 12.8. The average Bonchev–Trinajstić information content (AvgIpc) is 2.41. The van der Waals surface area contributed by atoms with Gasteiger partial charge < -0.3 is 0 Å². The highest BCUT2D eigenvalue weighted by molar-refractivity contribution is 5.12. The van der Waals surface area contributed by atoms with E-state index in [1.165, 1.54) is 70.6 Å². The first-order chi connectivity index (χ1) is 8.74. The van der Waals surface area contributed by atoms with Crippen molar-refractivity contribution in [1.82, 2.24) is 0 Å². The lowest BCUT2D eigenvalue weighted by Crippen LogP contribution is -2.31. The van der Waals surface area contributed by atoms with Gasteiger partial charge >= 0.3 is 0 Å². The molecule has 2 fully saturated rings. The van der Waals surface area contributed by atoms with Gasteiger partial charge in [0.2, 0.25) is 0 Å². The summed E-state index contributed by atoms with van der Waals surface area (Å²) in [6.07, 6.45) is 15.9. The predicted octanol–water partition coefficient (Wildman–Crippen LogP) is 5.57. The van der Waals surface area contributed by atoms with Crippen LogP contribution in [0.15, 0.2) is 0 Å². The second kappa shape index (κ2) is 6.65. The van der Waals surface area contributed by atoms with Crippen molar-refractivity contribution in [3.05, 3.63) is 0 Å². The van der Waals surface area contributed by atoms with Crippen molar-refractivity contribution in [3.63, 3.8) is 0 Å². The minimum atomic E-state index is 0.317. The average molecular weight is 246 g/mol. The molecule has 0 amide bonds. The molecule has 0 aromatic heterocycles. The summed E-state index contributed by atoms with van der Waals surface area (Å²) in [5.41, 5.74) is 0.317. The smallest absolute Gasteiger partial charge is 0.0317 e. The van der Waals surface area contributed by atoms with E-state index >= 15 is 0 Å². The van der Waals surface area contributed by atoms with E-state index in [1.54, 1.807) is 0 Å². The van der Waals surface area contributed by atoms with Gasteiger partial charge in [0, 0.05) is 5.41 Å². The lowest BCUT2D eigenvalue weighted by molar-refractivity contribution is 0.146. The third kappa shape index (κ3) is 3.53. The van der Waals surface area contributed by atoms with Gasteiger partial charge in [-0.05, 0) is 44.9 Å². The fraction of sp³-hybridized carbons (Fsp3) is 0.889. The Kier molecular flexibility index (Phi) is 5.16. The second-order valence-corrected chi connectivity index (χ2v) is 6.84. The Morgan fingerprint density at radius 3 is 2.00 bits per heavy atom. The summed E-state index contributed by atoms with van der Waals surface area (Å²) in [5.74, 6) is 8.71. The van der Waals surface area contributed by atoms with E-state index in [9.17, 15) is 0 Å².